The van der Waals surface area contributed by atoms with Gasteiger partial charge in [-0.3, -0.25) is 14.3 Å². The van der Waals surface area contributed by atoms with Crippen molar-refractivity contribution >= 4 is 40.3 Å². The summed E-state index contributed by atoms with van der Waals surface area (Å²) in [5.74, 6) is 1.43. The van der Waals surface area contributed by atoms with Gasteiger partial charge in [0, 0.05) is 25.2 Å². The minimum atomic E-state index is -0.961. The number of imidazole rings is 1. The van der Waals surface area contributed by atoms with Gasteiger partial charge in [-0.2, -0.15) is 4.98 Å². The maximum Gasteiger partial charge on any atom is 0.329 e. The summed E-state index contributed by atoms with van der Waals surface area (Å²) in [5.41, 5.74) is -0.558. The van der Waals surface area contributed by atoms with Crippen LogP contribution in [0.1, 0.15) is 19.8 Å². The molecular weight excluding hydrogens is 457 g/mol. The molecule has 1 aliphatic heterocycles. The molecule has 1 aromatic carbocycles. The molecule has 0 saturated carbocycles. The molecule has 0 unspecified atom stereocenters. The fourth-order valence-corrected chi connectivity index (χ4v) is 4.51. The summed E-state index contributed by atoms with van der Waals surface area (Å²) in [6.07, 6.45) is 1.16. The minimum absolute atomic E-state index is 0.0550. The largest absolute Gasteiger partial charge is 0.489 e. The van der Waals surface area contributed by atoms with Gasteiger partial charge in [-0.15, -0.1) is 0 Å². The van der Waals surface area contributed by atoms with E-state index < -0.39 is 17.4 Å². The zero-order valence-electron chi connectivity index (χ0n) is 17.8. The quantitative estimate of drug-likeness (QED) is 0.559. The third-order valence-corrected chi connectivity index (χ3v) is 6.18. The summed E-state index contributed by atoms with van der Waals surface area (Å²) in [4.78, 5) is 33.8. The Morgan fingerprint density at radius 3 is 2.84 bits per heavy atom. The van der Waals surface area contributed by atoms with E-state index in [0.717, 1.165) is 25.9 Å². The highest BCUT2D eigenvalue weighted by atomic mass is 35.5. The number of piperidine rings is 1. The van der Waals surface area contributed by atoms with Crippen LogP contribution in [0.15, 0.2) is 27.8 Å². The lowest BCUT2D eigenvalue weighted by atomic mass is 10.0. The van der Waals surface area contributed by atoms with Crippen LogP contribution in [0.5, 0.6) is 5.75 Å². The third-order valence-electron chi connectivity index (χ3n) is 5.65. The number of hydrogen-bond acceptors (Lipinski definition) is 6. The smallest absolute Gasteiger partial charge is 0.329 e. The number of nitrogens with zero attached hydrogens (tertiary/aromatic N) is 4. The Morgan fingerprint density at radius 1 is 1.34 bits per heavy atom. The van der Waals surface area contributed by atoms with Gasteiger partial charge in [-0.05, 0) is 37.0 Å². The van der Waals surface area contributed by atoms with Crippen LogP contribution in [0.2, 0.25) is 10.0 Å². The Hall–Kier alpha value is -2.49. The molecule has 2 N–H and O–H groups in total. The van der Waals surface area contributed by atoms with Gasteiger partial charge >= 0.3 is 5.69 Å². The normalized spacial score (nSPS) is 17.7. The van der Waals surface area contributed by atoms with E-state index in [2.05, 4.69) is 21.8 Å². The molecule has 32 heavy (non-hydrogen) atoms. The molecule has 0 spiro atoms. The Kier molecular flexibility index (Phi) is 6.50. The number of nitrogens with one attached hydrogen (secondary N) is 1. The second-order valence-corrected chi connectivity index (χ2v) is 9.09. The van der Waals surface area contributed by atoms with Crippen LogP contribution < -0.4 is 20.9 Å². The van der Waals surface area contributed by atoms with E-state index in [1.165, 1.54) is 4.57 Å². The number of fused-ring (bicyclic) bond motifs is 1. The van der Waals surface area contributed by atoms with Crippen molar-refractivity contribution in [3.05, 3.63) is 49.1 Å². The first-order valence-electron chi connectivity index (χ1n) is 10.4. The number of rotatable bonds is 6. The SMILES string of the molecule is C[C@H]1CCCN(c2nc3c(c(=O)[nH]c(=O)n3C)n2C[C@@H](O)COc2ccc(Cl)cc2Cl)C1. The van der Waals surface area contributed by atoms with Crippen LogP contribution in [0.4, 0.5) is 5.95 Å². The third kappa shape index (κ3) is 4.51. The van der Waals surface area contributed by atoms with Gasteiger partial charge in [0.2, 0.25) is 5.95 Å². The molecule has 11 heteroatoms. The van der Waals surface area contributed by atoms with E-state index in [-0.39, 0.29) is 24.3 Å². The monoisotopic (exact) mass is 481 g/mol. The second kappa shape index (κ2) is 9.17. The van der Waals surface area contributed by atoms with Crippen molar-refractivity contribution in [2.45, 2.75) is 32.4 Å². The van der Waals surface area contributed by atoms with Crippen LogP contribution >= 0.6 is 23.2 Å². The lowest BCUT2D eigenvalue weighted by Gasteiger charge is -2.32. The number of H-pyrrole nitrogens is 1. The average molecular weight is 482 g/mol. The minimum Gasteiger partial charge on any atom is -0.489 e. The summed E-state index contributed by atoms with van der Waals surface area (Å²) in [6, 6.07) is 4.84. The topological polar surface area (TPSA) is 105 Å². The number of aromatic amines is 1. The predicted octanol–water partition coefficient (Wildman–Crippen LogP) is 2.41. The van der Waals surface area contributed by atoms with Crippen molar-refractivity contribution in [2.24, 2.45) is 13.0 Å². The number of anilines is 1. The molecule has 3 heterocycles. The van der Waals surface area contributed by atoms with E-state index in [9.17, 15) is 14.7 Å². The summed E-state index contributed by atoms with van der Waals surface area (Å²) in [6.45, 7) is 3.73. The fourth-order valence-electron chi connectivity index (χ4n) is 4.05. The van der Waals surface area contributed by atoms with Crippen LogP contribution in [0.25, 0.3) is 11.2 Å². The number of halogens is 2. The lowest BCUT2D eigenvalue weighted by molar-refractivity contribution is 0.0936. The zero-order valence-corrected chi connectivity index (χ0v) is 19.4. The first kappa shape index (κ1) is 22.7. The Morgan fingerprint density at radius 2 is 2.12 bits per heavy atom. The van der Waals surface area contributed by atoms with Crippen molar-refractivity contribution in [2.75, 3.05) is 24.6 Å². The highest BCUT2D eigenvalue weighted by molar-refractivity contribution is 6.35. The maximum atomic E-state index is 12.7. The highest BCUT2D eigenvalue weighted by Gasteiger charge is 2.26. The van der Waals surface area contributed by atoms with Gasteiger partial charge in [0.1, 0.15) is 18.5 Å². The number of aliphatic hydroxyl groups excluding tert-OH is 1. The van der Waals surface area contributed by atoms with Crippen molar-refractivity contribution in [3.63, 3.8) is 0 Å². The molecule has 0 amide bonds. The number of ether oxygens (including phenoxy) is 1. The number of aryl methyl sites for hydroxylation is 1. The molecule has 1 aliphatic rings. The van der Waals surface area contributed by atoms with Gasteiger partial charge in [-0.25, -0.2) is 4.79 Å². The molecule has 3 aromatic rings. The lowest BCUT2D eigenvalue weighted by Crippen LogP contribution is -2.37. The van der Waals surface area contributed by atoms with Gasteiger partial charge in [0.25, 0.3) is 5.56 Å². The van der Waals surface area contributed by atoms with Gasteiger partial charge < -0.3 is 19.3 Å². The summed E-state index contributed by atoms with van der Waals surface area (Å²) < 4.78 is 8.64. The molecule has 9 nitrogen and oxygen atoms in total. The van der Waals surface area contributed by atoms with Gasteiger partial charge in [0.15, 0.2) is 11.2 Å². The number of benzene rings is 1. The van der Waals surface area contributed by atoms with Crippen LogP contribution in [0, 0.1) is 5.92 Å². The van der Waals surface area contributed by atoms with E-state index in [4.69, 9.17) is 27.9 Å². The molecular formula is C21H25Cl2N5O4. The molecule has 0 aliphatic carbocycles. The van der Waals surface area contributed by atoms with Crippen LogP contribution in [0.3, 0.4) is 0 Å². The van der Waals surface area contributed by atoms with E-state index >= 15 is 0 Å². The summed E-state index contributed by atoms with van der Waals surface area (Å²) in [5, 5.41) is 11.6. The Labute approximate surface area is 194 Å². The van der Waals surface area contributed by atoms with Crippen molar-refractivity contribution in [1.29, 1.82) is 0 Å². The number of aliphatic hydroxyl groups is 1. The average Bonchev–Trinajstić information content (AvgIpc) is 3.11. The highest BCUT2D eigenvalue weighted by Crippen LogP contribution is 2.28. The number of hydrogen-bond donors (Lipinski definition) is 2. The first-order chi connectivity index (χ1) is 15.2. The Balaban J connectivity index is 1.66. The van der Waals surface area contributed by atoms with Crippen LogP contribution in [-0.4, -0.2) is 50.0 Å². The summed E-state index contributed by atoms with van der Waals surface area (Å²) >= 11 is 12.0. The molecule has 1 fully saturated rings. The van der Waals surface area contributed by atoms with Crippen molar-refractivity contribution in [1.82, 2.24) is 19.1 Å². The Bertz CT molecular complexity index is 1250. The van der Waals surface area contributed by atoms with Crippen LogP contribution in [-0.2, 0) is 13.6 Å². The molecule has 2 aromatic heterocycles. The van der Waals surface area contributed by atoms with Crippen molar-refractivity contribution in [3.8, 4) is 5.75 Å². The molecule has 4 rings (SSSR count). The molecule has 0 bridgehead atoms. The second-order valence-electron chi connectivity index (χ2n) is 8.25. The van der Waals surface area contributed by atoms with E-state index in [1.807, 2.05) is 0 Å². The number of aromatic nitrogens is 4. The standard InChI is InChI=1S/C21H25Cl2N5O4/c1-12-4-3-7-27(9-12)20-24-18-17(19(30)25-21(31)26(18)2)28(20)10-14(29)11-32-16-6-5-13(22)8-15(16)23/h5-6,8,12,14,29H,3-4,7,9-11H2,1-2H3,(H,25,30,31)/t12-,14+/m0/s1. The molecule has 0 radical (unpaired) electrons. The van der Waals surface area contributed by atoms with Crippen molar-refractivity contribution < 1.29 is 9.84 Å². The molecule has 2 atom stereocenters. The first-order valence-corrected chi connectivity index (χ1v) is 11.2. The van der Waals surface area contributed by atoms with E-state index in [0.29, 0.717) is 27.7 Å². The predicted molar refractivity (Wildman–Crippen MR) is 124 cm³/mol. The van der Waals surface area contributed by atoms with Gasteiger partial charge in [-0.1, -0.05) is 30.1 Å². The molecule has 1 saturated heterocycles. The summed E-state index contributed by atoms with van der Waals surface area (Å²) in [7, 11) is 1.56. The fraction of sp³-hybridized carbons (Fsp3) is 0.476. The molecule has 172 valence electrons. The zero-order chi connectivity index (χ0) is 23.0. The maximum absolute atomic E-state index is 12.7. The van der Waals surface area contributed by atoms with Gasteiger partial charge in [0.05, 0.1) is 11.6 Å². The van der Waals surface area contributed by atoms with E-state index in [1.54, 1.807) is 29.8 Å².